The minimum absolute atomic E-state index is 0.0503. The van der Waals surface area contributed by atoms with Crippen LogP contribution in [0.25, 0.3) is 0 Å². The number of amides is 1. The van der Waals surface area contributed by atoms with Crippen molar-refractivity contribution < 1.29 is 9.18 Å². The van der Waals surface area contributed by atoms with E-state index in [1.165, 1.54) is 37.8 Å². The molecule has 136 valence electrons. The smallest absolute Gasteiger partial charge is 0.241 e. The van der Waals surface area contributed by atoms with Gasteiger partial charge in [0.1, 0.15) is 11.9 Å². The lowest BCUT2D eigenvalue weighted by atomic mass is 10.0. The third-order valence-corrected chi connectivity index (χ3v) is 5.94. The second kappa shape index (κ2) is 7.40. The standard InChI is InChI=1S/C19H27FN4O/c20-15-7-5-14(6-8-15)17-13-18(22-21-17)19(25)24-11-9-23(10-12-24)16-3-1-2-4-16/h5-8,16-18,21-22H,1-4,9-13H2. The third kappa shape index (κ3) is 3.71. The van der Waals surface area contributed by atoms with Gasteiger partial charge in [0.2, 0.25) is 5.91 Å². The van der Waals surface area contributed by atoms with Crippen molar-refractivity contribution >= 4 is 5.91 Å². The second-order valence-corrected chi connectivity index (χ2v) is 7.48. The van der Waals surface area contributed by atoms with Crippen molar-refractivity contribution in [3.05, 3.63) is 35.6 Å². The number of carbonyl (C=O) groups excluding carboxylic acids is 1. The summed E-state index contributed by atoms with van der Waals surface area (Å²) in [6.45, 7) is 3.65. The highest BCUT2D eigenvalue weighted by Gasteiger charge is 2.35. The number of benzene rings is 1. The summed E-state index contributed by atoms with van der Waals surface area (Å²) in [5.74, 6) is -0.0503. The molecule has 3 aliphatic rings. The van der Waals surface area contributed by atoms with Crippen LogP contribution in [0.1, 0.15) is 43.7 Å². The minimum atomic E-state index is -0.234. The number of hydrogen-bond acceptors (Lipinski definition) is 4. The first-order valence-corrected chi connectivity index (χ1v) is 9.50. The van der Waals surface area contributed by atoms with Crippen molar-refractivity contribution in [1.29, 1.82) is 0 Å². The average Bonchev–Trinajstić information content (AvgIpc) is 3.34. The zero-order valence-electron chi connectivity index (χ0n) is 14.6. The lowest BCUT2D eigenvalue weighted by Crippen LogP contribution is -2.55. The van der Waals surface area contributed by atoms with E-state index >= 15 is 0 Å². The second-order valence-electron chi connectivity index (χ2n) is 7.48. The molecule has 3 fully saturated rings. The van der Waals surface area contributed by atoms with Crippen LogP contribution in [0.4, 0.5) is 4.39 Å². The summed E-state index contributed by atoms with van der Waals surface area (Å²) in [5.41, 5.74) is 7.33. The molecule has 0 radical (unpaired) electrons. The molecule has 1 saturated carbocycles. The van der Waals surface area contributed by atoms with Crippen molar-refractivity contribution in [1.82, 2.24) is 20.7 Å². The van der Waals surface area contributed by atoms with Gasteiger partial charge in [-0.25, -0.2) is 15.2 Å². The maximum Gasteiger partial charge on any atom is 0.241 e. The van der Waals surface area contributed by atoms with Gasteiger partial charge in [0.05, 0.1) is 0 Å². The van der Waals surface area contributed by atoms with Gasteiger partial charge in [0, 0.05) is 38.3 Å². The molecule has 2 heterocycles. The van der Waals surface area contributed by atoms with Crippen LogP contribution in [0.15, 0.2) is 24.3 Å². The lowest BCUT2D eigenvalue weighted by Gasteiger charge is -2.38. The first kappa shape index (κ1) is 16.9. The van der Waals surface area contributed by atoms with Crippen molar-refractivity contribution in [2.75, 3.05) is 26.2 Å². The van der Waals surface area contributed by atoms with Crippen LogP contribution in [-0.2, 0) is 4.79 Å². The Kier molecular flexibility index (Phi) is 5.01. The highest BCUT2D eigenvalue weighted by Crippen LogP contribution is 2.26. The van der Waals surface area contributed by atoms with E-state index in [4.69, 9.17) is 0 Å². The molecule has 1 aliphatic carbocycles. The summed E-state index contributed by atoms with van der Waals surface area (Å²) in [7, 11) is 0. The Morgan fingerprint density at radius 1 is 1.00 bits per heavy atom. The van der Waals surface area contributed by atoms with E-state index in [-0.39, 0.29) is 23.8 Å². The van der Waals surface area contributed by atoms with Gasteiger partial charge in [-0.15, -0.1) is 0 Å². The van der Waals surface area contributed by atoms with E-state index in [0.29, 0.717) is 6.42 Å². The maximum absolute atomic E-state index is 13.1. The summed E-state index contributed by atoms with van der Waals surface area (Å²) in [6, 6.07) is 7.08. The number of halogens is 1. The first-order chi connectivity index (χ1) is 12.2. The topological polar surface area (TPSA) is 47.6 Å². The molecule has 0 aromatic heterocycles. The summed E-state index contributed by atoms with van der Waals surface area (Å²) >= 11 is 0. The molecule has 2 unspecified atom stereocenters. The van der Waals surface area contributed by atoms with Gasteiger partial charge < -0.3 is 4.90 Å². The van der Waals surface area contributed by atoms with E-state index in [9.17, 15) is 9.18 Å². The number of nitrogens with one attached hydrogen (secondary N) is 2. The zero-order chi connectivity index (χ0) is 17.2. The van der Waals surface area contributed by atoms with E-state index < -0.39 is 0 Å². The third-order valence-electron chi connectivity index (χ3n) is 5.94. The van der Waals surface area contributed by atoms with E-state index in [0.717, 1.165) is 37.8 Å². The highest BCUT2D eigenvalue weighted by atomic mass is 19.1. The van der Waals surface area contributed by atoms with Gasteiger partial charge in [-0.2, -0.15) is 0 Å². The Morgan fingerprint density at radius 3 is 2.36 bits per heavy atom. The van der Waals surface area contributed by atoms with Crippen LogP contribution in [0.2, 0.25) is 0 Å². The van der Waals surface area contributed by atoms with Crippen LogP contribution >= 0.6 is 0 Å². The lowest BCUT2D eigenvalue weighted by molar-refractivity contribution is -0.135. The molecule has 1 aromatic rings. The summed E-state index contributed by atoms with van der Waals surface area (Å²) in [4.78, 5) is 17.4. The molecule has 2 N–H and O–H groups in total. The van der Waals surface area contributed by atoms with E-state index in [1.807, 2.05) is 4.90 Å². The molecule has 1 aromatic carbocycles. The molecule has 2 saturated heterocycles. The van der Waals surface area contributed by atoms with Gasteiger partial charge in [0.25, 0.3) is 0 Å². The number of hydrazine groups is 1. The molecule has 5 nitrogen and oxygen atoms in total. The first-order valence-electron chi connectivity index (χ1n) is 9.50. The van der Waals surface area contributed by atoms with Gasteiger partial charge in [-0.05, 0) is 37.0 Å². The number of piperazine rings is 1. The van der Waals surface area contributed by atoms with Gasteiger partial charge in [-0.3, -0.25) is 9.69 Å². The SMILES string of the molecule is O=C(C1CC(c2ccc(F)cc2)NN1)N1CCN(C2CCCC2)CC1. The van der Waals surface area contributed by atoms with Crippen molar-refractivity contribution in [3.63, 3.8) is 0 Å². The van der Waals surface area contributed by atoms with Crippen molar-refractivity contribution in [3.8, 4) is 0 Å². The van der Waals surface area contributed by atoms with Crippen LogP contribution in [0, 0.1) is 5.82 Å². The fourth-order valence-corrected chi connectivity index (χ4v) is 4.43. The molecular formula is C19H27FN4O. The van der Waals surface area contributed by atoms with Crippen LogP contribution in [0.5, 0.6) is 0 Å². The van der Waals surface area contributed by atoms with Crippen LogP contribution < -0.4 is 10.9 Å². The average molecular weight is 346 g/mol. The van der Waals surface area contributed by atoms with Crippen LogP contribution in [-0.4, -0.2) is 54.0 Å². The van der Waals surface area contributed by atoms with Crippen molar-refractivity contribution in [2.24, 2.45) is 0 Å². The van der Waals surface area contributed by atoms with Gasteiger partial charge in [-0.1, -0.05) is 25.0 Å². The molecule has 1 amide bonds. The zero-order valence-corrected chi connectivity index (χ0v) is 14.6. The van der Waals surface area contributed by atoms with Crippen LogP contribution in [0.3, 0.4) is 0 Å². The fraction of sp³-hybridized carbons (Fsp3) is 0.632. The maximum atomic E-state index is 13.1. The monoisotopic (exact) mass is 346 g/mol. The van der Waals surface area contributed by atoms with Crippen molar-refractivity contribution in [2.45, 2.75) is 50.2 Å². The Morgan fingerprint density at radius 2 is 1.68 bits per heavy atom. The Labute approximate surface area is 148 Å². The predicted octanol–water partition coefficient (Wildman–Crippen LogP) is 1.82. The molecule has 25 heavy (non-hydrogen) atoms. The largest absolute Gasteiger partial charge is 0.339 e. The molecule has 4 rings (SSSR count). The van der Waals surface area contributed by atoms with Gasteiger partial charge in [0.15, 0.2) is 0 Å². The molecule has 6 heteroatoms. The number of nitrogens with zero attached hydrogens (tertiary/aromatic N) is 2. The Balaban J connectivity index is 1.29. The van der Waals surface area contributed by atoms with E-state index in [2.05, 4.69) is 15.8 Å². The normalized spacial score (nSPS) is 28.6. The molecule has 2 atom stereocenters. The van der Waals surface area contributed by atoms with E-state index in [1.54, 1.807) is 12.1 Å². The highest BCUT2D eigenvalue weighted by molar-refractivity contribution is 5.82. The summed E-state index contributed by atoms with van der Waals surface area (Å²) in [5, 5.41) is 0. The molecule has 0 spiro atoms. The molecule has 2 aliphatic heterocycles. The number of carbonyl (C=O) groups is 1. The Bertz CT molecular complexity index is 594. The molecule has 0 bridgehead atoms. The molecular weight excluding hydrogens is 319 g/mol. The Hall–Kier alpha value is -1.50. The number of rotatable bonds is 3. The summed E-state index contributed by atoms with van der Waals surface area (Å²) < 4.78 is 13.1. The van der Waals surface area contributed by atoms with Gasteiger partial charge >= 0.3 is 0 Å². The minimum Gasteiger partial charge on any atom is -0.339 e. The quantitative estimate of drug-likeness (QED) is 0.877. The summed E-state index contributed by atoms with van der Waals surface area (Å²) in [6.07, 6.45) is 6.05. The predicted molar refractivity (Wildman–Crippen MR) is 94.2 cm³/mol. The number of hydrogen-bond donors (Lipinski definition) is 2. The fourth-order valence-electron chi connectivity index (χ4n) is 4.43.